The maximum absolute atomic E-state index is 12.2. The number of urea groups is 1. The number of piperazine rings is 1. The molecule has 0 bridgehead atoms. The van der Waals surface area contributed by atoms with Crippen LogP contribution in [0.5, 0.6) is 0 Å². The fraction of sp³-hybridized carbons (Fsp3) is 0.556. The van der Waals surface area contributed by atoms with E-state index in [0.717, 1.165) is 39.1 Å². The van der Waals surface area contributed by atoms with Crippen molar-refractivity contribution in [2.45, 2.75) is 26.3 Å². The molecule has 1 aromatic carbocycles. The molecular weight excluding hydrogens is 354 g/mol. The molecule has 2 rings (SSSR count). The lowest BCUT2D eigenvalue weighted by Gasteiger charge is -2.27. The molecule has 0 atom stereocenters. The lowest BCUT2D eigenvalue weighted by molar-refractivity contribution is 0.0951. The number of amides is 3. The van der Waals surface area contributed by atoms with Gasteiger partial charge in [0.15, 0.2) is 0 Å². The van der Waals surface area contributed by atoms with Gasteiger partial charge in [0.05, 0.1) is 0 Å². The van der Waals surface area contributed by atoms with Gasteiger partial charge in [0.2, 0.25) is 0 Å². The average molecular weight is 384 g/mol. The molecule has 1 saturated heterocycles. The number of hydrogen-bond donors (Lipinski definition) is 4. The zero-order chi connectivity index (χ0) is 18.1. The number of benzene rings is 1. The van der Waals surface area contributed by atoms with E-state index in [4.69, 9.17) is 0 Å². The number of halogens is 1. The number of rotatable bonds is 7. The lowest BCUT2D eigenvalue weighted by Crippen LogP contribution is -2.44. The van der Waals surface area contributed by atoms with E-state index in [-0.39, 0.29) is 30.4 Å². The van der Waals surface area contributed by atoms with Gasteiger partial charge in [0, 0.05) is 50.0 Å². The molecule has 4 N–H and O–H groups in total. The normalized spacial score (nSPS) is 14.4. The van der Waals surface area contributed by atoms with E-state index in [1.165, 1.54) is 0 Å². The molecule has 0 unspecified atom stereocenters. The summed E-state index contributed by atoms with van der Waals surface area (Å²) in [6, 6.07) is 6.75. The second kappa shape index (κ2) is 11.7. The summed E-state index contributed by atoms with van der Waals surface area (Å²) < 4.78 is 0. The monoisotopic (exact) mass is 383 g/mol. The Labute approximate surface area is 161 Å². The van der Waals surface area contributed by atoms with Gasteiger partial charge in [-0.25, -0.2) is 4.79 Å². The largest absolute Gasteiger partial charge is 0.352 e. The van der Waals surface area contributed by atoms with Crippen molar-refractivity contribution in [3.05, 3.63) is 29.8 Å². The molecule has 0 radical (unpaired) electrons. The van der Waals surface area contributed by atoms with Crippen molar-refractivity contribution >= 4 is 30.0 Å². The molecule has 1 heterocycles. The fourth-order valence-electron chi connectivity index (χ4n) is 2.71. The summed E-state index contributed by atoms with van der Waals surface area (Å²) in [6.07, 6.45) is 0.931. The second-order valence-electron chi connectivity index (χ2n) is 6.54. The maximum atomic E-state index is 12.2. The van der Waals surface area contributed by atoms with Crippen LogP contribution in [0.25, 0.3) is 0 Å². The second-order valence-corrected chi connectivity index (χ2v) is 6.54. The van der Waals surface area contributed by atoms with Gasteiger partial charge in [-0.3, -0.25) is 4.79 Å². The zero-order valence-corrected chi connectivity index (χ0v) is 16.3. The van der Waals surface area contributed by atoms with Crippen molar-refractivity contribution in [2.75, 3.05) is 44.6 Å². The summed E-state index contributed by atoms with van der Waals surface area (Å²) in [6.45, 7) is 9.65. The molecule has 0 saturated carbocycles. The van der Waals surface area contributed by atoms with E-state index in [9.17, 15) is 9.59 Å². The number of nitrogens with one attached hydrogen (secondary N) is 4. The number of carbonyl (C=O) groups excluding carboxylic acids is 2. The first-order chi connectivity index (χ1) is 12.0. The Bertz CT molecular complexity index is 576. The van der Waals surface area contributed by atoms with Crippen LogP contribution in [0.3, 0.4) is 0 Å². The van der Waals surface area contributed by atoms with E-state index < -0.39 is 0 Å². The Morgan fingerprint density at radius 2 is 1.96 bits per heavy atom. The van der Waals surface area contributed by atoms with Gasteiger partial charge in [-0.15, -0.1) is 12.4 Å². The lowest BCUT2D eigenvalue weighted by atomic mass is 10.2. The molecule has 1 aliphatic rings. The summed E-state index contributed by atoms with van der Waals surface area (Å²) >= 11 is 0. The molecule has 0 spiro atoms. The molecule has 26 heavy (non-hydrogen) atoms. The van der Waals surface area contributed by atoms with Crippen LogP contribution in [-0.2, 0) is 0 Å². The zero-order valence-electron chi connectivity index (χ0n) is 15.5. The predicted octanol–water partition coefficient (Wildman–Crippen LogP) is 1.66. The van der Waals surface area contributed by atoms with Gasteiger partial charge >= 0.3 is 6.03 Å². The molecule has 146 valence electrons. The van der Waals surface area contributed by atoms with Gasteiger partial charge in [-0.05, 0) is 45.0 Å². The Morgan fingerprint density at radius 1 is 1.23 bits per heavy atom. The van der Waals surface area contributed by atoms with E-state index in [1.54, 1.807) is 24.3 Å². The van der Waals surface area contributed by atoms with Crippen molar-refractivity contribution in [3.63, 3.8) is 0 Å². The Morgan fingerprint density at radius 3 is 2.65 bits per heavy atom. The molecule has 1 aromatic rings. The molecule has 1 fully saturated rings. The summed E-state index contributed by atoms with van der Waals surface area (Å²) in [5.41, 5.74) is 1.15. The maximum Gasteiger partial charge on any atom is 0.319 e. The third-order valence-electron chi connectivity index (χ3n) is 3.95. The van der Waals surface area contributed by atoms with Crippen molar-refractivity contribution in [1.29, 1.82) is 0 Å². The average Bonchev–Trinajstić information content (AvgIpc) is 2.59. The van der Waals surface area contributed by atoms with Crippen molar-refractivity contribution < 1.29 is 9.59 Å². The van der Waals surface area contributed by atoms with Crippen LogP contribution in [0, 0.1) is 0 Å². The first-order valence-electron chi connectivity index (χ1n) is 8.93. The van der Waals surface area contributed by atoms with Gasteiger partial charge in [0.1, 0.15) is 0 Å². The van der Waals surface area contributed by atoms with Crippen LogP contribution in [0.15, 0.2) is 24.3 Å². The molecule has 1 aliphatic heterocycles. The third-order valence-corrected chi connectivity index (χ3v) is 3.95. The van der Waals surface area contributed by atoms with Crippen LogP contribution in [0.2, 0.25) is 0 Å². The smallest absolute Gasteiger partial charge is 0.319 e. The van der Waals surface area contributed by atoms with Gasteiger partial charge in [0.25, 0.3) is 5.91 Å². The van der Waals surface area contributed by atoms with Gasteiger partial charge < -0.3 is 26.2 Å². The highest BCUT2D eigenvalue weighted by Gasteiger charge is 2.10. The van der Waals surface area contributed by atoms with Crippen LogP contribution in [-0.4, -0.2) is 62.1 Å². The Kier molecular flexibility index (Phi) is 10.0. The summed E-state index contributed by atoms with van der Waals surface area (Å²) in [5.74, 6) is -0.117. The third kappa shape index (κ3) is 8.03. The van der Waals surface area contributed by atoms with Crippen LogP contribution in [0.1, 0.15) is 30.6 Å². The van der Waals surface area contributed by atoms with E-state index in [1.807, 2.05) is 13.8 Å². The fourth-order valence-corrected chi connectivity index (χ4v) is 2.71. The van der Waals surface area contributed by atoms with Crippen molar-refractivity contribution in [2.24, 2.45) is 0 Å². The summed E-state index contributed by atoms with van der Waals surface area (Å²) in [5, 5.41) is 11.8. The number of anilines is 1. The van der Waals surface area contributed by atoms with Crippen molar-refractivity contribution in [1.82, 2.24) is 20.9 Å². The highest BCUT2D eigenvalue weighted by Crippen LogP contribution is 2.10. The molecule has 0 aromatic heterocycles. The van der Waals surface area contributed by atoms with Gasteiger partial charge in [-0.2, -0.15) is 0 Å². The minimum Gasteiger partial charge on any atom is -0.352 e. The summed E-state index contributed by atoms with van der Waals surface area (Å²) in [4.78, 5) is 26.4. The first kappa shape index (κ1) is 22.2. The predicted molar refractivity (Wildman–Crippen MR) is 107 cm³/mol. The standard InChI is InChI=1S/C18H29N5O2.ClH/c1-14(2)21-18(25)22-16-6-3-5-15(13-16)17(24)20-7-4-10-23-11-8-19-9-12-23;/h3,5-6,13-14,19H,4,7-12H2,1-2H3,(H,20,24)(H2,21,22,25);1H. The quantitative estimate of drug-likeness (QED) is 0.539. The highest BCUT2D eigenvalue weighted by molar-refractivity contribution is 5.96. The van der Waals surface area contributed by atoms with E-state index in [2.05, 4.69) is 26.2 Å². The van der Waals surface area contributed by atoms with Crippen LogP contribution in [0.4, 0.5) is 10.5 Å². The molecular formula is C18H30ClN5O2. The minimum atomic E-state index is -0.274. The number of carbonyl (C=O) groups is 2. The number of nitrogens with zero attached hydrogens (tertiary/aromatic N) is 1. The molecule has 7 nitrogen and oxygen atoms in total. The molecule has 3 amide bonds. The summed E-state index contributed by atoms with van der Waals surface area (Å²) in [7, 11) is 0. The first-order valence-corrected chi connectivity index (χ1v) is 8.93. The Hall–Kier alpha value is -1.83. The van der Waals surface area contributed by atoms with Crippen LogP contribution >= 0.6 is 12.4 Å². The van der Waals surface area contributed by atoms with Gasteiger partial charge in [-0.1, -0.05) is 6.07 Å². The van der Waals surface area contributed by atoms with Crippen molar-refractivity contribution in [3.8, 4) is 0 Å². The minimum absolute atomic E-state index is 0. The molecule has 0 aliphatic carbocycles. The van der Waals surface area contributed by atoms with Crippen LogP contribution < -0.4 is 21.3 Å². The number of hydrogen-bond acceptors (Lipinski definition) is 4. The van der Waals surface area contributed by atoms with E-state index >= 15 is 0 Å². The Balaban J connectivity index is 0.00000338. The SMILES string of the molecule is CC(C)NC(=O)Nc1cccc(C(=O)NCCCN2CCNCC2)c1.Cl. The molecule has 8 heteroatoms. The van der Waals surface area contributed by atoms with E-state index in [0.29, 0.717) is 17.8 Å². The highest BCUT2D eigenvalue weighted by atomic mass is 35.5. The topological polar surface area (TPSA) is 85.5 Å².